The maximum atomic E-state index is 12.5. The minimum absolute atomic E-state index is 0.243. The molecule has 6 nitrogen and oxygen atoms in total. The molecular formula is C21H21ClN4O2. The van der Waals surface area contributed by atoms with Crippen LogP contribution in [0.4, 0.5) is 11.6 Å². The van der Waals surface area contributed by atoms with Crippen molar-refractivity contribution in [2.75, 3.05) is 19.0 Å². The largest absolute Gasteiger partial charge is 0.497 e. The van der Waals surface area contributed by atoms with Crippen LogP contribution in [0.15, 0.2) is 54.6 Å². The number of ether oxygens (including phenoxy) is 1. The van der Waals surface area contributed by atoms with E-state index in [0.29, 0.717) is 35.3 Å². The molecule has 0 bridgehead atoms. The third-order valence-electron chi connectivity index (χ3n) is 4.02. The van der Waals surface area contributed by atoms with Gasteiger partial charge >= 0.3 is 0 Å². The molecule has 0 spiro atoms. The minimum Gasteiger partial charge on any atom is -0.497 e. The van der Waals surface area contributed by atoms with Crippen molar-refractivity contribution < 1.29 is 9.53 Å². The van der Waals surface area contributed by atoms with Crippen LogP contribution in [0.5, 0.6) is 5.75 Å². The summed E-state index contributed by atoms with van der Waals surface area (Å²) in [7, 11) is 1.63. The van der Waals surface area contributed by atoms with Crippen molar-refractivity contribution in [1.82, 2.24) is 15.3 Å². The van der Waals surface area contributed by atoms with Gasteiger partial charge in [0.05, 0.1) is 7.11 Å². The van der Waals surface area contributed by atoms with E-state index in [1.54, 1.807) is 25.3 Å². The van der Waals surface area contributed by atoms with Crippen LogP contribution in [0.2, 0.25) is 5.02 Å². The van der Waals surface area contributed by atoms with Crippen LogP contribution in [0, 0.1) is 6.92 Å². The van der Waals surface area contributed by atoms with E-state index < -0.39 is 0 Å². The van der Waals surface area contributed by atoms with E-state index in [9.17, 15) is 4.79 Å². The second-order valence-corrected chi connectivity index (χ2v) is 6.64. The molecule has 0 radical (unpaired) electrons. The molecule has 0 aliphatic heterocycles. The van der Waals surface area contributed by atoms with Gasteiger partial charge in [0.2, 0.25) is 5.95 Å². The Morgan fingerprint density at radius 3 is 2.64 bits per heavy atom. The lowest BCUT2D eigenvalue weighted by Gasteiger charge is -2.09. The van der Waals surface area contributed by atoms with Crippen LogP contribution in [0.25, 0.3) is 0 Å². The number of benzene rings is 2. The topological polar surface area (TPSA) is 76.1 Å². The molecule has 144 valence electrons. The van der Waals surface area contributed by atoms with Gasteiger partial charge in [-0.2, -0.15) is 0 Å². The zero-order chi connectivity index (χ0) is 19.9. The number of hydrogen-bond donors (Lipinski definition) is 2. The van der Waals surface area contributed by atoms with E-state index in [1.165, 1.54) is 0 Å². The molecule has 1 heterocycles. The Morgan fingerprint density at radius 1 is 1.11 bits per heavy atom. The van der Waals surface area contributed by atoms with Gasteiger partial charge in [-0.15, -0.1) is 0 Å². The summed E-state index contributed by atoms with van der Waals surface area (Å²) >= 11 is 5.90. The molecule has 0 saturated carbocycles. The van der Waals surface area contributed by atoms with Gasteiger partial charge in [0, 0.05) is 22.9 Å². The van der Waals surface area contributed by atoms with Crippen LogP contribution < -0.4 is 15.4 Å². The van der Waals surface area contributed by atoms with Crippen molar-refractivity contribution in [2.24, 2.45) is 0 Å². The van der Waals surface area contributed by atoms with Crippen molar-refractivity contribution in [3.05, 3.63) is 76.6 Å². The number of aromatic nitrogens is 2. The molecular weight excluding hydrogens is 376 g/mol. The Labute approximate surface area is 168 Å². The van der Waals surface area contributed by atoms with Crippen molar-refractivity contribution in [1.29, 1.82) is 0 Å². The Hall–Kier alpha value is -3.12. The number of rotatable bonds is 7. The maximum Gasteiger partial charge on any atom is 0.270 e. The first-order chi connectivity index (χ1) is 13.5. The average Bonchev–Trinajstić information content (AvgIpc) is 2.69. The van der Waals surface area contributed by atoms with Crippen molar-refractivity contribution in [2.45, 2.75) is 13.3 Å². The molecule has 0 aliphatic carbocycles. The van der Waals surface area contributed by atoms with Gasteiger partial charge in [-0.05, 0) is 61.4 Å². The number of aryl methyl sites for hydroxylation is 1. The minimum atomic E-state index is -0.243. The smallest absolute Gasteiger partial charge is 0.270 e. The highest BCUT2D eigenvalue weighted by molar-refractivity contribution is 6.30. The highest BCUT2D eigenvalue weighted by atomic mass is 35.5. The lowest BCUT2D eigenvalue weighted by atomic mass is 10.1. The standard InChI is InChI=1S/C21H21ClN4O2/c1-14-12-19(26-21(24-14)25-17-8-6-16(22)7-9-17)20(27)23-11-10-15-4-3-5-18(13-15)28-2/h3-9,12-13H,10-11H2,1-2H3,(H,23,27)(H,24,25,26). The lowest BCUT2D eigenvalue weighted by Crippen LogP contribution is -2.27. The quantitative estimate of drug-likeness (QED) is 0.627. The molecule has 1 amide bonds. The Morgan fingerprint density at radius 2 is 1.89 bits per heavy atom. The average molecular weight is 397 g/mol. The van der Waals surface area contributed by atoms with E-state index in [4.69, 9.17) is 16.3 Å². The van der Waals surface area contributed by atoms with Gasteiger partial charge in [-0.3, -0.25) is 4.79 Å². The summed E-state index contributed by atoms with van der Waals surface area (Å²) in [5.74, 6) is 0.918. The Bertz CT molecular complexity index is 961. The van der Waals surface area contributed by atoms with Gasteiger partial charge in [-0.25, -0.2) is 9.97 Å². The summed E-state index contributed by atoms with van der Waals surface area (Å²) in [4.78, 5) is 21.1. The van der Waals surface area contributed by atoms with Crippen molar-refractivity contribution in [3.8, 4) is 5.75 Å². The second-order valence-electron chi connectivity index (χ2n) is 6.21. The highest BCUT2D eigenvalue weighted by Gasteiger charge is 2.11. The van der Waals surface area contributed by atoms with Gasteiger partial charge in [0.25, 0.3) is 5.91 Å². The fourth-order valence-corrected chi connectivity index (χ4v) is 2.77. The van der Waals surface area contributed by atoms with Crippen LogP contribution in [-0.4, -0.2) is 29.5 Å². The molecule has 0 saturated heterocycles. The van der Waals surface area contributed by atoms with E-state index in [2.05, 4.69) is 20.6 Å². The summed E-state index contributed by atoms with van der Waals surface area (Å²) < 4.78 is 5.21. The summed E-state index contributed by atoms with van der Waals surface area (Å²) in [6.45, 7) is 2.32. The van der Waals surface area contributed by atoms with Gasteiger partial charge in [-0.1, -0.05) is 23.7 Å². The summed E-state index contributed by atoms with van der Waals surface area (Å²) in [5, 5.41) is 6.63. The van der Waals surface area contributed by atoms with Crippen molar-refractivity contribution >= 4 is 29.1 Å². The van der Waals surface area contributed by atoms with Gasteiger partial charge in [0.15, 0.2) is 0 Å². The fraction of sp³-hybridized carbons (Fsp3) is 0.190. The molecule has 7 heteroatoms. The van der Waals surface area contributed by atoms with Crippen LogP contribution in [0.1, 0.15) is 21.7 Å². The molecule has 0 aliphatic rings. The summed E-state index contributed by atoms with van der Waals surface area (Å²) in [6.07, 6.45) is 0.697. The van der Waals surface area contributed by atoms with Gasteiger partial charge < -0.3 is 15.4 Å². The number of carbonyl (C=O) groups excluding carboxylic acids is 1. The number of hydrogen-bond acceptors (Lipinski definition) is 5. The highest BCUT2D eigenvalue weighted by Crippen LogP contribution is 2.17. The first-order valence-corrected chi connectivity index (χ1v) is 9.21. The predicted molar refractivity (Wildman–Crippen MR) is 111 cm³/mol. The van der Waals surface area contributed by atoms with Crippen LogP contribution >= 0.6 is 11.6 Å². The van der Waals surface area contributed by atoms with E-state index >= 15 is 0 Å². The molecule has 1 aromatic heterocycles. The van der Waals surface area contributed by atoms with Crippen molar-refractivity contribution in [3.63, 3.8) is 0 Å². The predicted octanol–water partition coefficient (Wildman–Crippen LogP) is 4.16. The molecule has 2 N–H and O–H groups in total. The number of nitrogens with zero attached hydrogens (tertiary/aromatic N) is 2. The number of halogens is 1. The molecule has 0 fully saturated rings. The molecule has 0 unspecified atom stereocenters. The monoisotopic (exact) mass is 396 g/mol. The first-order valence-electron chi connectivity index (χ1n) is 8.83. The zero-order valence-corrected chi connectivity index (χ0v) is 16.5. The normalized spacial score (nSPS) is 10.4. The molecule has 3 aromatic rings. The van der Waals surface area contributed by atoms with Gasteiger partial charge in [0.1, 0.15) is 11.4 Å². The molecule has 0 atom stereocenters. The molecule has 3 rings (SSSR count). The number of methoxy groups -OCH3 is 1. The number of amides is 1. The van der Waals surface area contributed by atoms with E-state index in [1.807, 2.05) is 43.3 Å². The number of anilines is 2. The first kappa shape index (κ1) is 19.6. The summed E-state index contributed by atoms with van der Waals surface area (Å²) in [5.41, 5.74) is 2.89. The Kier molecular flexibility index (Phi) is 6.45. The SMILES string of the molecule is COc1cccc(CCNC(=O)c2cc(C)nc(Nc3ccc(Cl)cc3)n2)c1. The molecule has 28 heavy (non-hydrogen) atoms. The number of nitrogens with one attached hydrogen (secondary N) is 2. The number of carbonyl (C=O) groups is 1. The zero-order valence-electron chi connectivity index (χ0n) is 15.7. The Balaban J connectivity index is 1.62. The third kappa shape index (κ3) is 5.44. The maximum absolute atomic E-state index is 12.5. The molecule has 2 aromatic carbocycles. The van der Waals surface area contributed by atoms with Crippen LogP contribution in [-0.2, 0) is 6.42 Å². The fourth-order valence-electron chi connectivity index (χ4n) is 2.64. The lowest BCUT2D eigenvalue weighted by molar-refractivity contribution is 0.0949. The third-order valence-corrected chi connectivity index (χ3v) is 4.27. The second kappa shape index (κ2) is 9.19. The van der Waals surface area contributed by atoms with Crippen LogP contribution in [0.3, 0.4) is 0 Å². The van der Waals surface area contributed by atoms with E-state index in [0.717, 1.165) is 17.0 Å². The van der Waals surface area contributed by atoms with E-state index in [-0.39, 0.29) is 5.91 Å². The summed E-state index contributed by atoms with van der Waals surface area (Å²) in [6, 6.07) is 16.6.